The van der Waals surface area contributed by atoms with Gasteiger partial charge in [0.2, 0.25) is 11.8 Å². The molecular formula is C16H22ClN3O3. The lowest BCUT2D eigenvalue weighted by Gasteiger charge is -2.37. The molecule has 126 valence electrons. The molecule has 0 saturated carbocycles. The average Bonchev–Trinajstić information content (AvgIpc) is 2.54. The van der Waals surface area contributed by atoms with Crippen molar-refractivity contribution < 1.29 is 14.3 Å². The molecular weight excluding hydrogens is 318 g/mol. The van der Waals surface area contributed by atoms with Crippen molar-refractivity contribution in [1.29, 1.82) is 0 Å². The molecule has 1 aliphatic heterocycles. The number of anilines is 1. The van der Waals surface area contributed by atoms with Crippen LogP contribution in [-0.2, 0) is 9.59 Å². The normalized spacial score (nSPS) is 16.8. The van der Waals surface area contributed by atoms with Crippen molar-refractivity contribution in [2.75, 3.05) is 38.6 Å². The maximum atomic E-state index is 12.4. The van der Waals surface area contributed by atoms with Gasteiger partial charge in [-0.1, -0.05) is 11.6 Å². The van der Waals surface area contributed by atoms with Crippen molar-refractivity contribution >= 4 is 29.1 Å². The predicted octanol–water partition coefficient (Wildman–Crippen LogP) is 1.84. The first kappa shape index (κ1) is 17.6. The van der Waals surface area contributed by atoms with E-state index in [4.69, 9.17) is 16.3 Å². The highest BCUT2D eigenvalue weighted by Crippen LogP contribution is 2.27. The van der Waals surface area contributed by atoms with Crippen molar-refractivity contribution in [3.05, 3.63) is 23.2 Å². The Kier molecular flexibility index (Phi) is 5.85. The molecule has 0 spiro atoms. The molecule has 1 N–H and O–H groups in total. The predicted molar refractivity (Wildman–Crippen MR) is 89.9 cm³/mol. The quantitative estimate of drug-likeness (QED) is 0.909. The van der Waals surface area contributed by atoms with Gasteiger partial charge in [0.25, 0.3) is 0 Å². The van der Waals surface area contributed by atoms with Crippen LogP contribution in [0.25, 0.3) is 0 Å². The summed E-state index contributed by atoms with van der Waals surface area (Å²) in [5.74, 6) is 0.551. The molecule has 2 rings (SSSR count). The second-order valence-corrected chi connectivity index (χ2v) is 5.96. The van der Waals surface area contributed by atoms with Crippen LogP contribution < -0.4 is 10.1 Å². The summed E-state index contributed by atoms with van der Waals surface area (Å²) in [6.45, 7) is 6.13. The third-order valence-corrected chi connectivity index (χ3v) is 4.40. The van der Waals surface area contributed by atoms with Crippen molar-refractivity contribution in [1.82, 2.24) is 9.80 Å². The van der Waals surface area contributed by atoms with Crippen LogP contribution in [0.15, 0.2) is 18.2 Å². The summed E-state index contributed by atoms with van der Waals surface area (Å²) in [5.41, 5.74) is 0.634. The van der Waals surface area contributed by atoms with Crippen LogP contribution in [0.4, 0.5) is 5.69 Å². The molecule has 0 aliphatic carbocycles. The molecule has 1 atom stereocenters. The number of carbonyl (C=O) groups is 2. The second kappa shape index (κ2) is 7.66. The molecule has 1 saturated heterocycles. The highest BCUT2D eigenvalue weighted by atomic mass is 35.5. The molecule has 1 aromatic carbocycles. The third kappa shape index (κ3) is 4.36. The lowest BCUT2D eigenvalue weighted by atomic mass is 10.2. The number of carbonyl (C=O) groups excluding carboxylic acids is 2. The Hall–Kier alpha value is -1.79. The highest BCUT2D eigenvalue weighted by molar-refractivity contribution is 6.32. The largest absolute Gasteiger partial charge is 0.495 e. The topological polar surface area (TPSA) is 61.9 Å². The Labute approximate surface area is 141 Å². The van der Waals surface area contributed by atoms with Crippen molar-refractivity contribution in [3.63, 3.8) is 0 Å². The standard InChI is InChI=1S/C16H22ClN3O3/c1-11(19-6-8-20(9-7-19)12(2)21)16(22)18-13-4-5-15(23-3)14(17)10-13/h4-5,10-11H,6-9H2,1-3H3,(H,18,22)/t11-/m0/s1. The van der Waals surface area contributed by atoms with E-state index in [1.807, 2.05) is 6.92 Å². The summed E-state index contributed by atoms with van der Waals surface area (Å²) in [5, 5.41) is 3.32. The number of halogens is 1. The number of nitrogens with one attached hydrogen (secondary N) is 1. The van der Waals surface area contributed by atoms with Gasteiger partial charge in [-0.2, -0.15) is 0 Å². The first-order valence-corrected chi connectivity index (χ1v) is 7.94. The van der Waals surface area contributed by atoms with Gasteiger partial charge in [-0.3, -0.25) is 14.5 Å². The molecule has 1 aromatic rings. The van der Waals surface area contributed by atoms with E-state index in [-0.39, 0.29) is 17.9 Å². The maximum absolute atomic E-state index is 12.4. The van der Waals surface area contributed by atoms with E-state index < -0.39 is 0 Å². The van der Waals surface area contributed by atoms with Crippen LogP contribution in [-0.4, -0.2) is 60.9 Å². The molecule has 1 aliphatic rings. The number of amides is 2. The molecule has 0 unspecified atom stereocenters. The van der Waals surface area contributed by atoms with E-state index in [2.05, 4.69) is 10.2 Å². The Morgan fingerprint density at radius 2 is 1.91 bits per heavy atom. The summed E-state index contributed by atoms with van der Waals surface area (Å²) in [6.07, 6.45) is 0. The van der Waals surface area contributed by atoms with Crippen LogP contribution in [0.5, 0.6) is 5.75 Å². The number of ether oxygens (including phenoxy) is 1. The molecule has 2 amide bonds. The van der Waals surface area contributed by atoms with Gasteiger partial charge in [0.1, 0.15) is 5.75 Å². The molecule has 7 heteroatoms. The molecule has 0 bridgehead atoms. The first-order valence-electron chi connectivity index (χ1n) is 7.56. The molecule has 23 heavy (non-hydrogen) atoms. The summed E-state index contributed by atoms with van der Waals surface area (Å²) >= 11 is 6.06. The Morgan fingerprint density at radius 1 is 1.26 bits per heavy atom. The zero-order valence-corrected chi connectivity index (χ0v) is 14.4. The van der Waals surface area contributed by atoms with Gasteiger partial charge in [0, 0.05) is 38.8 Å². The molecule has 1 heterocycles. The number of hydrogen-bond donors (Lipinski definition) is 1. The lowest BCUT2D eigenvalue weighted by Crippen LogP contribution is -2.53. The van der Waals surface area contributed by atoms with Gasteiger partial charge in [-0.15, -0.1) is 0 Å². The minimum Gasteiger partial charge on any atom is -0.495 e. The summed E-state index contributed by atoms with van der Waals surface area (Å²) in [7, 11) is 1.54. The fourth-order valence-electron chi connectivity index (χ4n) is 2.58. The van der Waals surface area contributed by atoms with Gasteiger partial charge in [0.05, 0.1) is 18.2 Å². The van der Waals surface area contributed by atoms with Crippen molar-refractivity contribution in [3.8, 4) is 5.75 Å². The first-order chi connectivity index (χ1) is 10.9. The molecule has 6 nitrogen and oxygen atoms in total. The second-order valence-electron chi connectivity index (χ2n) is 5.56. The molecule has 1 fully saturated rings. The SMILES string of the molecule is COc1ccc(NC(=O)[C@H](C)N2CCN(C(C)=O)CC2)cc1Cl. The van der Waals surface area contributed by atoms with Crippen LogP contribution in [0.1, 0.15) is 13.8 Å². The lowest BCUT2D eigenvalue weighted by molar-refractivity contribution is -0.131. The average molecular weight is 340 g/mol. The van der Waals surface area contributed by atoms with Crippen LogP contribution in [0.3, 0.4) is 0 Å². The van der Waals surface area contributed by atoms with E-state index in [1.54, 1.807) is 37.1 Å². The van der Waals surface area contributed by atoms with Gasteiger partial charge in [-0.05, 0) is 25.1 Å². The number of rotatable bonds is 4. The zero-order chi connectivity index (χ0) is 17.0. The number of methoxy groups -OCH3 is 1. The highest BCUT2D eigenvalue weighted by Gasteiger charge is 2.26. The smallest absolute Gasteiger partial charge is 0.241 e. The van der Waals surface area contributed by atoms with Crippen molar-refractivity contribution in [2.24, 2.45) is 0 Å². The summed E-state index contributed by atoms with van der Waals surface area (Å²) in [4.78, 5) is 27.6. The van der Waals surface area contributed by atoms with Crippen LogP contribution in [0.2, 0.25) is 5.02 Å². The van der Waals surface area contributed by atoms with Crippen LogP contribution in [0, 0.1) is 0 Å². The van der Waals surface area contributed by atoms with Gasteiger partial charge < -0.3 is 15.0 Å². The number of nitrogens with zero attached hydrogens (tertiary/aromatic N) is 2. The van der Waals surface area contributed by atoms with Gasteiger partial charge >= 0.3 is 0 Å². The maximum Gasteiger partial charge on any atom is 0.241 e. The summed E-state index contributed by atoms with van der Waals surface area (Å²) in [6, 6.07) is 4.86. The van der Waals surface area contributed by atoms with E-state index >= 15 is 0 Å². The fraction of sp³-hybridized carbons (Fsp3) is 0.500. The van der Waals surface area contributed by atoms with Crippen LogP contribution >= 0.6 is 11.6 Å². The van der Waals surface area contributed by atoms with Gasteiger partial charge in [-0.25, -0.2) is 0 Å². The molecule has 0 aromatic heterocycles. The Balaban J connectivity index is 1.93. The third-order valence-electron chi connectivity index (χ3n) is 4.11. The van der Waals surface area contributed by atoms with Crippen molar-refractivity contribution in [2.45, 2.75) is 19.9 Å². The Bertz CT molecular complexity index is 586. The van der Waals surface area contributed by atoms with E-state index in [1.165, 1.54) is 0 Å². The number of piperazine rings is 1. The number of hydrogen-bond acceptors (Lipinski definition) is 4. The monoisotopic (exact) mass is 339 g/mol. The number of benzene rings is 1. The summed E-state index contributed by atoms with van der Waals surface area (Å²) < 4.78 is 5.09. The minimum atomic E-state index is -0.273. The Morgan fingerprint density at radius 3 is 2.43 bits per heavy atom. The fourth-order valence-corrected chi connectivity index (χ4v) is 2.84. The minimum absolute atomic E-state index is 0.0784. The van der Waals surface area contributed by atoms with E-state index in [0.29, 0.717) is 42.6 Å². The zero-order valence-electron chi connectivity index (χ0n) is 13.6. The molecule has 0 radical (unpaired) electrons. The van der Waals surface area contributed by atoms with E-state index in [9.17, 15) is 9.59 Å². The van der Waals surface area contributed by atoms with E-state index in [0.717, 1.165) is 0 Å². The van der Waals surface area contributed by atoms with Gasteiger partial charge in [0.15, 0.2) is 0 Å².